The Morgan fingerprint density at radius 3 is 2.83 bits per heavy atom. The molecule has 0 spiro atoms. The summed E-state index contributed by atoms with van der Waals surface area (Å²) in [5.74, 6) is 0.752. The number of nitrogens with one attached hydrogen (secondary N) is 1. The monoisotopic (exact) mass is 311 g/mol. The number of nitrogens with zero attached hydrogens (tertiary/aromatic N) is 4. The van der Waals surface area contributed by atoms with E-state index in [4.69, 9.17) is 4.52 Å². The van der Waals surface area contributed by atoms with Crippen LogP contribution in [-0.2, 0) is 13.5 Å². The number of rotatable bonds is 5. The lowest BCUT2D eigenvalue weighted by Gasteiger charge is -2.08. The first-order valence-electron chi connectivity index (χ1n) is 7.28. The van der Waals surface area contributed by atoms with E-state index in [1.807, 2.05) is 37.3 Å². The number of benzene rings is 1. The Labute approximate surface area is 133 Å². The van der Waals surface area contributed by atoms with Crippen LogP contribution >= 0.6 is 0 Å². The van der Waals surface area contributed by atoms with Crippen LogP contribution < -0.4 is 5.32 Å². The van der Waals surface area contributed by atoms with Crippen molar-refractivity contribution >= 4 is 5.91 Å². The topological polar surface area (TPSA) is 85.8 Å². The van der Waals surface area contributed by atoms with Crippen LogP contribution in [0.5, 0.6) is 0 Å². The number of aryl methyl sites for hydroxylation is 1. The maximum absolute atomic E-state index is 12.1. The van der Waals surface area contributed by atoms with Gasteiger partial charge in [-0.25, -0.2) is 0 Å². The van der Waals surface area contributed by atoms with Gasteiger partial charge in [-0.05, 0) is 12.5 Å². The molecule has 0 bridgehead atoms. The zero-order chi connectivity index (χ0) is 16.2. The van der Waals surface area contributed by atoms with Gasteiger partial charge in [0.25, 0.3) is 5.91 Å². The van der Waals surface area contributed by atoms with Gasteiger partial charge in [0.15, 0.2) is 5.82 Å². The molecule has 118 valence electrons. The summed E-state index contributed by atoms with van der Waals surface area (Å²) < 4.78 is 6.83. The van der Waals surface area contributed by atoms with Gasteiger partial charge in [0, 0.05) is 13.2 Å². The molecule has 1 amide bonds. The highest BCUT2D eigenvalue weighted by Crippen LogP contribution is 2.12. The third-order valence-corrected chi connectivity index (χ3v) is 3.38. The fourth-order valence-electron chi connectivity index (χ4n) is 2.17. The Bertz CT molecular complexity index is 794. The molecule has 1 atom stereocenters. The second-order valence-electron chi connectivity index (χ2n) is 5.31. The minimum Gasteiger partial charge on any atom is -0.342 e. The van der Waals surface area contributed by atoms with Gasteiger partial charge in [0.05, 0.1) is 24.2 Å². The van der Waals surface area contributed by atoms with Gasteiger partial charge in [-0.15, -0.1) is 0 Å². The Kier molecular flexibility index (Phi) is 4.18. The standard InChI is InChI=1S/C16H17N5O2/c1-11(18-16(22)13-9-17-21(2)10-13)15-19-14(23-20-15)8-12-6-4-3-5-7-12/h3-7,9-11H,8H2,1-2H3,(H,18,22)/t11-/m1/s1. The molecule has 0 aliphatic carbocycles. The summed E-state index contributed by atoms with van der Waals surface area (Å²) in [7, 11) is 1.76. The molecule has 0 unspecified atom stereocenters. The molecule has 23 heavy (non-hydrogen) atoms. The average Bonchev–Trinajstić information content (AvgIpc) is 3.17. The van der Waals surface area contributed by atoms with E-state index in [0.717, 1.165) is 5.56 Å². The molecule has 3 rings (SSSR count). The molecule has 7 nitrogen and oxygen atoms in total. The summed E-state index contributed by atoms with van der Waals surface area (Å²) in [4.78, 5) is 16.4. The average molecular weight is 311 g/mol. The van der Waals surface area contributed by atoms with Gasteiger partial charge in [-0.1, -0.05) is 35.5 Å². The van der Waals surface area contributed by atoms with Crippen LogP contribution in [0.25, 0.3) is 0 Å². The lowest BCUT2D eigenvalue weighted by Crippen LogP contribution is -2.27. The van der Waals surface area contributed by atoms with Crippen LogP contribution in [-0.4, -0.2) is 25.8 Å². The Morgan fingerprint density at radius 1 is 1.35 bits per heavy atom. The second-order valence-corrected chi connectivity index (χ2v) is 5.31. The molecule has 1 aromatic carbocycles. The van der Waals surface area contributed by atoms with Crippen LogP contribution in [0.3, 0.4) is 0 Å². The van der Waals surface area contributed by atoms with Crippen molar-refractivity contribution < 1.29 is 9.32 Å². The SMILES string of the molecule is C[C@@H](NC(=O)c1cnn(C)c1)c1noc(Cc2ccccc2)n1. The first-order chi connectivity index (χ1) is 11.1. The summed E-state index contributed by atoms with van der Waals surface area (Å²) in [6, 6.07) is 9.52. The van der Waals surface area contributed by atoms with Gasteiger partial charge in [-0.2, -0.15) is 10.1 Å². The van der Waals surface area contributed by atoms with Crippen LogP contribution in [0.4, 0.5) is 0 Å². The van der Waals surface area contributed by atoms with E-state index < -0.39 is 0 Å². The number of amides is 1. The summed E-state index contributed by atoms with van der Waals surface area (Å²) in [6.07, 6.45) is 3.73. The van der Waals surface area contributed by atoms with Crippen LogP contribution in [0.2, 0.25) is 0 Å². The van der Waals surface area contributed by atoms with Gasteiger partial charge in [-0.3, -0.25) is 9.48 Å². The molecule has 2 aromatic heterocycles. The van der Waals surface area contributed by atoms with Crippen molar-refractivity contribution in [2.24, 2.45) is 7.05 Å². The minimum absolute atomic E-state index is 0.222. The Balaban J connectivity index is 1.64. The van der Waals surface area contributed by atoms with Crippen molar-refractivity contribution in [3.8, 4) is 0 Å². The highest BCUT2D eigenvalue weighted by molar-refractivity contribution is 5.93. The second kappa shape index (κ2) is 6.43. The predicted octanol–water partition coefficient (Wildman–Crippen LogP) is 1.88. The van der Waals surface area contributed by atoms with Gasteiger partial charge < -0.3 is 9.84 Å². The number of hydrogen-bond acceptors (Lipinski definition) is 5. The number of carbonyl (C=O) groups is 1. The van der Waals surface area contributed by atoms with Crippen LogP contribution in [0.1, 0.15) is 40.6 Å². The third kappa shape index (κ3) is 3.63. The maximum Gasteiger partial charge on any atom is 0.255 e. The first-order valence-corrected chi connectivity index (χ1v) is 7.28. The summed E-state index contributed by atoms with van der Waals surface area (Å²) >= 11 is 0. The largest absolute Gasteiger partial charge is 0.342 e. The molecule has 0 aliphatic rings. The van der Waals surface area contributed by atoms with Crippen molar-refractivity contribution in [2.45, 2.75) is 19.4 Å². The van der Waals surface area contributed by atoms with E-state index in [2.05, 4.69) is 20.6 Å². The zero-order valence-electron chi connectivity index (χ0n) is 12.9. The molecule has 0 radical (unpaired) electrons. The molecule has 3 aromatic rings. The molecular formula is C16H17N5O2. The van der Waals surface area contributed by atoms with Crippen molar-refractivity contribution in [3.63, 3.8) is 0 Å². The number of hydrogen-bond donors (Lipinski definition) is 1. The first kappa shape index (κ1) is 15.0. The van der Waals surface area contributed by atoms with Crippen LogP contribution in [0, 0.1) is 0 Å². The third-order valence-electron chi connectivity index (χ3n) is 3.38. The molecule has 0 fully saturated rings. The molecule has 2 heterocycles. The van der Waals surface area contributed by atoms with Crippen molar-refractivity contribution in [3.05, 3.63) is 65.6 Å². The number of aromatic nitrogens is 4. The molecule has 1 N–H and O–H groups in total. The van der Waals surface area contributed by atoms with E-state index in [9.17, 15) is 4.79 Å². The van der Waals surface area contributed by atoms with Crippen LogP contribution in [0.15, 0.2) is 47.2 Å². The fraction of sp³-hybridized carbons (Fsp3) is 0.250. The molecule has 0 saturated carbocycles. The van der Waals surface area contributed by atoms with Gasteiger partial charge >= 0.3 is 0 Å². The van der Waals surface area contributed by atoms with Gasteiger partial charge in [0.2, 0.25) is 5.89 Å². The van der Waals surface area contributed by atoms with Crippen molar-refractivity contribution in [2.75, 3.05) is 0 Å². The zero-order valence-corrected chi connectivity index (χ0v) is 12.9. The summed E-state index contributed by atoms with van der Waals surface area (Å²) in [5, 5.41) is 10.7. The van der Waals surface area contributed by atoms with E-state index in [-0.39, 0.29) is 11.9 Å². The van der Waals surface area contributed by atoms with Gasteiger partial charge in [0.1, 0.15) is 0 Å². The smallest absolute Gasteiger partial charge is 0.255 e. The molecule has 0 saturated heterocycles. The molecule has 0 aliphatic heterocycles. The van der Waals surface area contributed by atoms with E-state index in [0.29, 0.717) is 23.7 Å². The summed E-state index contributed by atoms with van der Waals surface area (Å²) in [6.45, 7) is 1.81. The highest BCUT2D eigenvalue weighted by Gasteiger charge is 2.17. The molecule has 7 heteroatoms. The number of carbonyl (C=O) groups excluding carboxylic acids is 1. The highest BCUT2D eigenvalue weighted by atomic mass is 16.5. The van der Waals surface area contributed by atoms with E-state index in [1.165, 1.54) is 6.20 Å². The Morgan fingerprint density at radius 2 is 2.13 bits per heavy atom. The normalized spacial score (nSPS) is 12.1. The van der Waals surface area contributed by atoms with Crippen molar-refractivity contribution in [1.29, 1.82) is 0 Å². The lowest BCUT2D eigenvalue weighted by molar-refractivity contribution is 0.0938. The maximum atomic E-state index is 12.1. The molecular weight excluding hydrogens is 294 g/mol. The predicted molar refractivity (Wildman–Crippen MR) is 82.6 cm³/mol. The fourth-order valence-corrected chi connectivity index (χ4v) is 2.17. The van der Waals surface area contributed by atoms with E-state index >= 15 is 0 Å². The quantitative estimate of drug-likeness (QED) is 0.777. The lowest BCUT2D eigenvalue weighted by atomic mass is 10.1. The Hall–Kier alpha value is -2.96. The van der Waals surface area contributed by atoms with Crippen molar-refractivity contribution in [1.82, 2.24) is 25.2 Å². The minimum atomic E-state index is -0.351. The summed E-state index contributed by atoms with van der Waals surface area (Å²) in [5.41, 5.74) is 1.59. The van der Waals surface area contributed by atoms with E-state index in [1.54, 1.807) is 17.9 Å².